The molecular weight excluding hydrogens is 273 g/mol. The maximum absolute atomic E-state index is 13.6. The molecule has 0 heterocycles. The van der Waals surface area contributed by atoms with Gasteiger partial charge in [-0.3, -0.25) is 10.1 Å². The summed E-state index contributed by atoms with van der Waals surface area (Å²) in [7, 11) is 1.37. The number of hydrogen-bond acceptors (Lipinski definition) is 3. The van der Waals surface area contributed by atoms with Gasteiger partial charge in [-0.25, -0.2) is 4.39 Å². The zero-order chi connectivity index (χ0) is 15.2. The second kappa shape index (κ2) is 6.65. The molecule has 0 amide bonds. The van der Waals surface area contributed by atoms with Gasteiger partial charge in [0.25, 0.3) is 5.70 Å². The predicted molar refractivity (Wildman–Crippen MR) is 78.1 cm³/mol. The molecule has 0 aliphatic carbocycles. The van der Waals surface area contributed by atoms with Crippen LogP contribution in [0.2, 0.25) is 0 Å². The van der Waals surface area contributed by atoms with Gasteiger partial charge in [0.15, 0.2) is 11.6 Å². The van der Waals surface area contributed by atoms with E-state index in [1.54, 1.807) is 6.07 Å². The molecule has 0 saturated carbocycles. The van der Waals surface area contributed by atoms with Crippen LogP contribution in [0.5, 0.6) is 5.75 Å². The molecule has 0 aromatic heterocycles. The van der Waals surface area contributed by atoms with E-state index < -0.39 is 10.7 Å². The summed E-state index contributed by atoms with van der Waals surface area (Å²) in [5.74, 6) is -0.438. The maximum atomic E-state index is 13.6. The Morgan fingerprint density at radius 1 is 1.29 bits per heavy atom. The van der Waals surface area contributed by atoms with Gasteiger partial charge in [-0.15, -0.1) is 0 Å². The van der Waals surface area contributed by atoms with Crippen molar-refractivity contribution in [1.29, 1.82) is 0 Å². The third-order valence-electron chi connectivity index (χ3n) is 2.97. The van der Waals surface area contributed by atoms with Gasteiger partial charge in [-0.2, -0.15) is 0 Å². The molecule has 0 N–H and O–H groups in total. The highest BCUT2D eigenvalue weighted by Crippen LogP contribution is 2.20. The zero-order valence-electron chi connectivity index (χ0n) is 11.5. The topological polar surface area (TPSA) is 52.4 Å². The van der Waals surface area contributed by atoms with Crippen LogP contribution in [-0.4, -0.2) is 12.0 Å². The number of nitro groups is 1. The molecule has 5 heteroatoms. The van der Waals surface area contributed by atoms with Gasteiger partial charge >= 0.3 is 0 Å². The van der Waals surface area contributed by atoms with Crippen LogP contribution in [0.25, 0.3) is 6.08 Å². The fraction of sp³-hybridized carbons (Fsp3) is 0.125. The van der Waals surface area contributed by atoms with Crippen LogP contribution >= 0.6 is 0 Å². The lowest BCUT2D eigenvalue weighted by Crippen LogP contribution is -2.02. The van der Waals surface area contributed by atoms with E-state index in [2.05, 4.69) is 0 Å². The molecule has 0 radical (unpaired) electrons. The van der Waals surface area contributed by atoms with Gasteiger partial charge in [-0.1, -0.05) is 36.4 Å². The summed E-state index contributed by atoms with van der Waals surface area (Å²) < 4.78 is 18.4. The highest BCUT2D eigenvalue weighted by molar-refractivity contribution is 5.53. The van der Waals surface area contributed by atoms with Crippen molar-refractivity contribution >= 4 is 6.08 Å². The third-order valence-corrected chi connectivity index (χ3v) is 2.97. The Morgan fingerprint density at radius 2 is 2.00 bits per heavy atom. The standard InChI is InChI=1S/C16H14FNO3/c1-21-16-8-7-13(11-15(16)17)10-14(18(19)20)9-12-5-3-2-4-6-12/h2-8,10-11H,9H2,1H3. The average molecular weight is 287 g/mol. The monoisotopic (exact) mass is 287 g/mol. The molecule has 0 fully saturated rings. The molecule has 108 valence electrons. The molecule has 4 nitrogen and oxygen atoms in total. The summed E-state index contributed by atoms with van der Waals surface area (Å²) >= 11 is 0. The summed E-state index contributed by atoms with van der Waals surface area (Å²) in [5.41, 5.74) is 1.26. The van der Waals surface area contributed by atoms with E-state index in [1.165, 1.54) is 25.3 Å². The first-order valence-corrected chi connectivity index (χ1v) is 6.32. The minimum atomic E-state index is -0.548. The molecule has 21 heavy (non-hydrogen) atoms. The van der Waals surface area contributed by atoms with Gasteiger partial charge in [0.2, 0.25) is 0 Å². The Bertz CT molecular complexity index is 668. The largest absolute Gasteiger partial charge is 0.494 e. The Labute approximate surface area is 121 Å². The number of methoxy groups -OCH3 is 1. The van der Waals surface area contributed by atoms with Gasteiger partial charge in [0, 0.05) is 6.08 Å². The number of rotatable bonds is 5. The predicted octanol–water partition coefficient (Wildman–Crippen LogP) is 3.69. The second-order valence-corrected chi connectivity index (χ2v) is 4.45. The smallest absolute Gasteiger partial charge is 0.251 e. The molecule has 0 spiro atoms. The van der Waals surface area contributed by atoms with E-state index >= 15 is 0 Å². The Balaban J connectivity index is 2.29. The average Bonchev–Trinajstić information content (AvgIpc) is 2.48. The van der Waals surface area contributed by atoms with Crippen LogP contribution in [0, 0.1) is 15.9 Å². The van der Waals surface area contributed by atoms with Crippen molar-refractivity contribution < 1.29 is 14.1 Å². The molecule has 0 atom stereocenters. The molecule has 0 saturated heterocycles. The first-order chi connectivity index (χ1) is 10.1. The lowest BCUT2D eigenvalue weighted by molar-refractivity contribution is -0.425. The molecule has 0 bridgehead atoms. The molecule has 2 aromatic carbocycles. The van der Waals surface area contributed by atoms with Crippen LogP contribution in [0.1, 0.15) is 11.1 Å². The van der Waals surface area contributed by atoms with E-state index in [9.17, 15) is 14.5 Å². The Kier molecular flexibility index (Phi) is 4.66. The van der Waals surface area contributed by atoms with E-state index in [0.717, 1.165) is 5.56 Å². The van der Waals surface area contributed by atoms with E-state index in [-0.39, 0.29) is 17.9 Å². The fourth-order valence-electron chi connectivity index (χ4n) is 1.94. The van der Waals surface area contributed by atoms with E-state index in [0.29, 0.717) is 5.56 Å². The minimum absolute atomic E-state index is 0.00534. The summed E-state index contributed by atoms with van der Waals surface area (Å²) in [5, 5.41) is 11.1. The van der Waals surface area contributed by atoms with Crippen LogP contribution < -0.4 is 4.74 Å². The summed E-state index contributed by atoms with van der Waals surface area (Å²) in [6.45, 7) is 0. The number of ether oxygens (including phenoxy) is 1. The molecular formula is C16H14FNO3. The van der Waals surface area contributed by atoms with Gasteiger partial charge in [0.1, 0.15) is 0 Å². The van der Waals surface area contributed by atoms with Crippen molar-refractivity contribution in [2.75, 3.05) is 7.11 Å². The Morgan fingerprint density at radius 3 is 2.57 bits per heavy atom. The lowest BCUT2D eigenvalue weighted by atomic mass is 10.1. The first-order valence-electron chi connectivity index (χ1n) is 6.32. The van der Waals surface area contributed by atoms with Gasteiger partial charge < -0.3 is 4.74 Å². The van der Waals surface area contributed by atoms with Crippen LogP contribution in [0.4, 0.5) is 4.39 Å². The number of allylic oxidation sites excluding steroid dienone is 1. The molecule has 2 rings (SSSR count). The maximum Gasteiger partial charge on any atom is 0.251 e. The fourth-order valence-corrected chi connectivity index (χ4v) is 1.94. The molecule has 0 aliphatic heterocycles. The van der Waals surface area contributed by atoms with Crippen LogP contribution in [0.3, 0.4) is 0 Å². The highest BCUT2D eigenvalue weighted by atomic mass is 19.1. The zero-order valence-corrected chi connectivity index (χ0v) is 11.5. The second-order valence-electron chi connectivity index (χ2n) is 4.45. The van der Waals surface area contributed by atoms with Crippen molar-refractivity contribution in [3.8, 4) is 5.75 Å². The van der Waals surface area contributed by atoms with Crippen LogP contribution in [0.15, 0.2) is 54.2 Å². The van der Waals surface area contributed by atoms with E-state index in [4.69, 9.17) is 4.74 Å². The summed E-state index contributed by atoms with van der Waals surface area (Å²) in [6.07, 6.45) is 1.55. The quantitative estimate of drug-likeness (QED) is 0.622. The van der Waals surface area contributed by atoms with Crippen molar-refractivity contribution in [1.82, 2.24) is 0 Å². The molecule has 2 aromatic rings. The summed E-state index contributed by atoms with van der Waals surface area (Å²) in [4.78, 5) is 10.7. The SMILES string of the molecule is COc1ccc(C=C(Cc2ccccc2)[N+](=O)[O-])cc1F. The van der Waals surface area contributed by atoms with Crippen molar-refractivity contribution in [3.05, 3.63) is 81.3 Å². The summed E-state index contributed by atoms with van der Waals surface area (Å²) in [6, 6.07) is 13.3. The number of halogens is 1. The number of hydrogen-bond donors (Lipinski definition) is 0. The van der Waals surface area contributed by atoms with Gasteiger partial charge in [-0.05, 0) is 23.3 Å². The molecule has 0 aliphatic rings. The van der Waals surface area contributed by atoms with Crippen molar-refractivity contribution in [3.63, 3.8) is 0 Å². The normalized spacial score (nSPS) is 11.2. The minimum Gasteiger partial charge on any atom is -0.494 e. The lowest BCUT2D eigenvalue weighted by Gasteiger charge is -2.03. The number of benzene rings is 2. The van der Waals surface area contributed by atoms with Crippen molar-refractivity contribution in [2.45, 2.75) is 6.42 Å². The Hall–Kier alpha value is -2.69. The first kappa shape index (κ1) is 14.7. The highest BCUT2D eigenvalue weighted by Gasteiger charge is 2.12. The molecule has 0 unspecified atom stereocenters. The van der Waals surface area contributed by atoms with Gasteiger partial charge in [0.05, 0.1) is 18.5 Å². The van der Waals surface area contributed by atoms with Crippen molar-refractivity contribution in [2.24, 2.45) is 0 Å². The third kappa shape index (κ3) is 3.89. The number of nitrogens with zero attached hydrogens (tertiary/aromatic N) is 1. The van der Waals surface area contributed by atoms with E-state index in [1.807, 2.05) is 30.3 Å². The van der Waals surface area contributed by atoms with Crippen LogP contribution in [-0.2, 0) is 6.42 Å².